The summed E-state index contributed by atoms with van der Waals surface area (Å²) in [6, 6.07) is 0. The van der Waals surface area contributed by atoms with E-state index in [1.807, 2.05) is 0 Å². The van der Waals surface area contributed by atoms with Crippen LogP contribution in [0.25, 0.3) is 0 Å². The number of rotatable bonds is 0. The fraction of sp³-hybridized carbons (Fsp3) is 0.750. The maximum Gasteiger partial charge on any atom is 0.0172 e. The van der Waals surface area contributed by atoms with Gasteiger partial charge in [0, 0.05) is 5.03 Å². The predicted octanol–water partition coefficient (Wildman–Crippen LogP) is 3.32. The minimum Gasteiger partial charge on any atom is -0.0892 e. The minimum atomic E-state index is 0.807. The van der Waals surface area contributed by atoms with E-state index in [0.717, 1.165) is 17.4 Å². The number of hydrogen-bond donors (Lipinski definition) is 0. The van der Waals surface area contributed by atoms with Crippen molar-refractivity contribution in [2.45, 2.75) is 33.1 Å². The zero-order valence-electron chi connectivity index (χ0n) is 6.08. The Labute approximate surface area is 61.9 Å². The first-order valence-electron chi connectivity index (χ1n) is 3.54. The van der Waals surface area contributed by atoms with Crippen molar-refractivity contribution in [1.82, 2.24) is 0 Å². The van der Waals surface area contributed by atoms with Gasteiger partial charge in [0.1, 0.15) is 0 Å². The van der Waals surface area contributed by atoms with E-state index < -0.39 is 0 Å². The van der Waals surface area contributed by atoms with Crippen molar-refractivity contribution in [2.75, 3.05) is 0 Å². The number of allylic oxidation sites excluding steroid dienone is 2. The van der Waals surface area contributed by atoms with Gasteiger partial charge in [0.05, 0.1) is 0 Å². The van der Waals surface area contributed by atoms with Crippen LogP contribution >= 0.6 is 11.6 Å². The van der Waals surface area contributed by atoms with Crippen LogP contribution in [0.3, 0.4) is 0 Å². The second-order valence-electron chi connectivity index (χ2n) is 3.03. The highest BCUT2D eigenvalue weighted by molar-refractivity contribution is 6.30. The van der Waals surface area contributed by atoms with Crippen LogP contribution in [0.1, 0.15) is 33.1 Å². The first kappa shape index (κ1) is 7.14. The zero-order valence-corrected chi connectivity index (χ0v) is 6.83. The molecule has 9 heavy (non-hydrogen) atoms. The van der Waals surface area contributed by atoms with Crippen molar-refractivity contribution >= 4 is 11.6 Å². The molecule has 0 aliphatic heterocycles. The van der Waals surface area contributed by atoms with Gasteiger partial charge in [-0.3, -0.25) is 0 Å². The number of hydrogen-bond acceptors (Lipinski definition) is 0. The molecule has 1 aliphatic carbocycles. The first-order chi connectivity index (χ1) is 4.20. The van der Waals surface area contributed by atoms with Gasteiger partial charge in [0.2, 0.25) is 0 Å². The Morgan fingerprint density at radius 2 is 2.22 bits per heavy atom. The summed E-state index contributed by atoms with van der Waals surface area (Å²) in [6.45, 7) is 4.39. The molecule has 0 bridgehead atoms. The largest absolute Gasteiger partial charge is 0.0892 e. The average Bonchev–Trinajstić information content (AvgIpc) is 1.80. The molecule has 1 aliphatic rings. The molecule has 0 fully saturated rings. The third-order valence-electron chi connectivity index (χ3n) is 2.00. The molecule has 0 nitrogen and oxygen atoms in total. The molecular weight excluding hydrogens is 132 g/mol. The number of halogens is 1. The molecule has 52 valence electrons. The van der Waals surface area contributed by atoms with Gasteiger partial charge in [-0.15, -0.1) is 0 Å². The van der Waals surface area contributed by atoms with E-state index in [1.54, 1.807) is 0 Å². The van der Waals surface area contributed by atoms with Crippen LogP contribution in [0.15, 0.2) is 10.6 Å². The molecule has 1 rings (SSSR count). The summed E-state index contributed by atoms with van der Waals surface area (Å²) >= 11 is 5.94. The quantitative estimate of drug-likeness (QED) is 0.489. The van der Waals surface area contributed by atoms with Crippen molar-refractivity contribution in [1.29, 1.82) is 0 Å². The smallest absolute Gasteiger partial charge is 0.0172 e. The molecule has 0 radical (unpaired) electrons. The SMILES string of the molecule is CC1=C(Cl)CC(C)CC1. The van der Waals surface area contributed by atoms with Crippen LogP contribution in [0, 0.1) is 5.92 Å². The minimum absolute atomic E-state index is 0.807. The lowest BCUT2D eigenvalue weighted by atomic mass is 9.92. The molecule has 0 spiro atoms. The molecule has 1 unspecified atom stereocenters. The Bertz CT molecular complexity index is 136. The maximum atomic E-state index is 5.94. The third-order valence-corrected chi connectivity index (χ3v) is 2.48. The van der Waals surface area contributed by atoms with Crippen LogP contribution < -0.4 is 0 Å². The molecule has 0 N–H and O–H groups in total. The summed E-state index contributed by atoms with van der Waals surface area (Å²) in [5.74, 6) is 0.807. The molecule has 0 heterocycles. The van der Waals surface area contributed by atoms with Gasteiger partial charge < -0.3 is 0 Å². The molecule has 0 aromatic carbocycles. The Balaban J connectivity index is 2.61. The van der Waals surface area contributed by atoms with Crippen LogP contribution in [-0.2, 0) is 0 Å². The lowest BCUT2D eigenvalue weighted by molar-refractivity contribution is 0.508. The highest BCUT2D eigenvalue weighted by Gasteiger charge is 2.12. The van der Waals surface area contributed by atoms with E-state index in [-0.39, 0.29) is 0 Å². The summed E-state index contributed by atoms with van der Waals surface area (Å²) in [6.07, 6.45) is 3.63. The van der Waals surface area contributed by atoms with Crippen molar-refractivity contribution < 1.29 is 0 Å². The zero-order chi connectivity index (χ0) is 6.85. The lowest BCUT2D eigenvalue weighted by Gasteiger charge is -2.18. The van der Waals surface area contributed by atoms with Gasteiger partial charge in [0.25, 0.3) is 0 Å². The average molecular weight is 145 g/mol. The molecule has 0 amide bonds. The van der Waals surface area contributed by atoms with Crippen molar-refractivity contribution in [3.63, 3.8) is 0 Å². The van der Waals surface area contributed by atoms with Crippen LogP contribution in [0.4, 0.5) is 0 Å². The second-order valence-corrected chi connectivity index (χ2v) is 3.49. The van der Waals surface area contributed by atoms with Crippen molar-refractivity contribution in [3.05, 3.63) is 10.6 Å². The van der Waals surface area contributed by atoms with E-state index in [2.05, 4.69) is 13.8 Å². The standard InChI is InChI=1S/C8H13Cl/c1-6-3-4-7(2)8(9)5-6/h6H,3-5H2,1-2H3. The van der Waals surface area contributed by atoms with E-state index >= 15 is 0 Å². The molecule has 0 saturated carbocycles. The van der Waals surface area contributed by atoms with Gasteiger partial charge >= 0.3 is 0 Å². The van der Waals surface area contributed by atoms with E-state index in [9.17, 15) is 0 Å². The Morgan fingerprint density at radius 3 is 2.67 bits per heavy atom. The first-order valence-corrected chi connectivity index (χ1v) is 3.92. The highest BCUT2D eigenvalue weighted by Crippen LogP contribution is 2.30. The predicted molar refractivity (Wildman–Crippen MR) is 41.6 cm³/mol. The molecule has 0 aromatic rings. The normalized spacial score (nSPS) is 29.0. The fourth-order valence-corrected chi connectivity index (χ4v) is 1.54. The Kier molecular flexibility index (Phi) is 2.18. The summed E-state index contributed by atoms with van der Waals surface area (Å²) in [5.41, 5.74) is 1.40. The Morgan fingerprint density at radius 1 is 1.56 bits per heavy atom. The molecular formula is C8H13Cl. The fourth-order valence-electron chi connectivity index (χ4n) is 1.18. The summed E-state index contributed by atoms with van der Waals surface area (Å²) in [7, 11) is 0. The molecule has 0 aromatic heterocycles. The van der Waals surface area contributed by atoms with Gasteiger partial charge in [-0.05, 0) is 32.1 Å². The summed E-state index contributed by atoms with van der Waals surface area (Å²) in [4.78, 5) is 0. The highest BCUT2D eigenvalue weighted by atomic mass is 35.5. The summed E-state index contributed by atoms with van der Waals surface area (Å²) < 4.78 is 0. The maximum absolute atomic E-state index is 5.94. The topological polar surface area (TPSA) is 0 Å². The lowest BCUT2D eigenvalue weighted by Crippen LogP contribution is -2.02. The van der Waals surface area contributed by atoms with Crippen molar-refractivity contribution in [3.8, 4) is 0 Å². The summed E-state index contributed by atoms with van der Waals surface area (Å²) in [5, 5.41) is 1.11. The van der Waals surface area contributed by atoms with Crippen molar-refractivity contribution in [2.24, 2.45) is 5.92 Å². The van der Waals surface area contributed by atoms with Crippen LogP contribution in [0.2, 0.25) is 0 Å². The molecule has 1 heteroatoms. The van der Waals surface area contributed by atoms with Gasteiger partial charge in [-0.25, -0.2) is 0 Å². The van der Waals surface area contributed by atoms with Gasteiger partial charge in [0.15, 0.2) is 0 Å². The van der Waals surface area contributed by atoms with E-state index in [4.69, 9.17) is 11.6 Å². The van der Waals surface area contributed by atoms with Gasteiger partial charge in [-0.1, -0.05) is 24.1 Å². The monoisotopic (exact) mass is 144 g/mol. The van der Waals surface area contributed by atoms with Crippen LogP contribution in [-0.4, -0.2) is 0 Å². The molecule has 1 atom stereocenters. The second kappa shape index (κ2) is 2.74. The van der Waals surface area contributed by atoms with E-state index in [0.29, 0.717) is 0 Å². The third kappa shape index (κ3) is 1.72. The van der Waals surface area contributed by atoms with E-state index in [1.165, 1.54) is 18.4 Å². The van der Waals surface area contributed by atoms with Gasteiger partial charge in [-0.2, -0.15) is 0 Å². The molecule has 0 saturated heterocycles. The van der Waals surface area contributed by atoms with Crippen LogP contribution in [0.5, 0.6) is 0 Å². The Hall–Kier alpha value is 0.0300.